The first-order chi connectivity index (χ1) is 15.2. The highest BCUT2D eigenvalue weighted by atomic mass is 16.5. The molecule has 31 heavy (non-hydrogen) atoms. The van der Waals surface area contributed by atoms with E-state index in [0.29, 0.717) is 38.4 Å². The summed E-state index contributed by atoms with van der Waals surface area (Å²) in [6.07, 6.45) is 4.19. The van der Waals surface area contributed by atoms with Crippen LogP contribution in [0.25, 0.3) is 11.2 Å². The fraction of sp³-hybridized carbons (Fsp3) is 0.435. The van der Waals surface area contributed by atoms with E-state index in [1.54, 1.807) is 22.4 Å². The molecule has 1 atom stereocenters. The molecule has 0 bridgehead atoms. The van der Waals surface area contributed by atoms with E-state index >= 15 is 0 Å². The molecular weight excluding hydrogens is 394 g/mol. The molecule has 164 valence electrons. The van der Waals surface area contributed by atoms with Crippen LogP contribution in [0.15, 0.2) is 53.5 Å². The second-order valence-electron chi connectivity index (χ2n) is 7.85. The molecule has 0 unspecified atom stereocenters. The number of urea groups is 1. The van der Waals surface area contributed by atoms with E-state index in [2.05, 4.69) is 22.4 Å². The summed E-state index contributed by atoms with van der Waals surface area (Å²) in [4.78, 5) is 32.3. The van der Waals surface area contributed by atoms with Crippen molar-refractivity contribution < 1.29 is 9.53 Å². The van der Waals surface area contributed by atoms with E-state index in [9.17, 15) is 9.59 Å². The van der Waals surface area contributed by atoms with Gasteiger partial charge in [-0.05, 0) is 37.0 Å². The predicted octanol–water partition coefficient (Wildman–Crippen LogP) is 2.43. The van der Waals surface area contributed by atoms with Gasteiger partial charge in [-0.1, -0.05) is 30.3 Å². The first kappa shape index (κ1) is 21.1. The second-order valence-corrected chi connectivity index (χ2v) is 7.85. The van der Waals surface area contributed by atoms with Gasteiger partial charge in [0.05, 0.1) is 24.7 Å². The fourth-order valence-corrected chi connectivity index (χ4v) is 4.26. The number of nitrogens with one attached hydrogen (secondary N) is 1. The van der Waals surface area contributed by atoms with Crippen molar-refractivity contribution in [2.24, 2.45) is 0 Å². The number of pyridine rings is 1. The zero-order chi connectivity index (χ0) is 21.6. The van der Waals surface area contributed by atoms with E-state index < -0.39 is 0 Å². The van der Waals surface area contributed by atoms with Crippen LogP contribution in [0.5, 0.6) is 0 Å². The van der Waals surface area contributed by atoms with Gasteiger partial charge in [-0.3, -0.25) is 9.13 Å². The summed E-state index contributed by atoms with van der Waals surface area (Å²) in [6, 6.07) is 13.7. The van der Waals surface area contributed by atoms with E-state index in [1.807, 2.05) is 35.2 Å². The molecule has 0 radical (unpaired) electrons. The van der Waals surface area contributed by atoms with Crippen molar-refractivity contribution in [3.05, 3.63) is 64.7 Å². The highest BCUT2D eigenvalue weighted by molar-refractivity contribution is 5.74. The Labute approximate surface area is 181 Å². The maximum absolute atomic E-state index is 13.2. The number of rotatable bonds is 7. The topological polar surface area (TPSA) is 81.4 Å². The molecule has 1 saturated heterocycles. The van der Waals surface area contributed by atoms with E-state index in [-0.39, 0.29) is 17.8 Å². The predicted molar refractivity (Wildman–Crippen MR) is 119 cm³/mol. The first-order valence-electron chi connectivity index (χ1n) is 10.8. The molecule has 1 aromatic carbocycles. The minimum absolute atomic E-state index is 0.0789. The van der Waals surface area contributed by atoms with Crippen LogP contribution in [0.2, 0.25) is 0 Å². The Morgan fingerprint density at radius 2 is 2.06 bits per heavy atom. The van der Waals surface area contributed by atoms with Crippen molar-refractivity contribution in [1.29, 1.82) is 0 Å². The number of methoxy groups -OCH3 is 1. The second kappa shape index (κ2) is 9.78. The molecule has 0 saturated carbocycles. The summed E-state index contributed by atoms with van der Waals surface area (Å²) in [5, 5.41) is 3.02. The number of carbonyl (C=O) groups is 1. The molecule has 0 aliphatic carbocycles. The number of hydrogen-bond acceptors (Lipinski definition) is 4. The number of amides is 2. The SMILES string of the molecule is COCCn1c(=O)n([C@H]2CCCN(C(=O)NCCc3ccccc3)C2)c2ncccc21. The van der Waals surface area contributed by atoms with Gasteiger partial charge < -0.3 is 15.0 Å². The van der Waals surface area contributed by atoms with Crippen LogP contribution in [-0.2, 0) is 17.7 Å². The standard InChI is InChI=1S/C23H29N5O3/c1-31-16-15-27-20-10-5-12-24-21(20)28(23(27)30)19-9-6-14-26(17-19)22(29)25-13-11-18-7-3-2-4-8-18/h2-5,7-8,10,12,19H,6,9,11,13-17H2,1H3,(H,25,29)/t19-/m0/s1. The summed E-state index contributed by atoms with van der Waals surface area (Å²) in [7, 11) is 1.62. The van der Waals surface area contributed by atoms with Crippen molar-refractivity contribution in [1.82, 2.24) is 24.3 Å². The van der Waals surface area contributed by atoms with Gasteiger partial charge in [0.2, 0.25) is 0 Å². The Bertz CT molecular complexity index is 1080. The lowest BCUT2D eigenvalue weighted by Crippen LogP contribution is -2.47. The minimum atomic E-state index is -0.0953. The summed E-state index contributed by atoms with van der Waals surface area (Å²) in [5.74, 6) is 0. The average molecular weight is 424 g/mol. The van der Waals surface area contributed by atoms with Crippen molar-refractivity contribution >= 4 is 17.2 Å². The van der Waals surface area contributed by atoms with E-state index in [0.717, 1.165) is 24.8 Å². The van der Waals surface area contributed by atoms with Gasteiger partial charge in [-0.2, -0.15) is 0 Å². The minimum Gasteiger partial charge on any atom is -0.383 e. The van der Waals surface area contributed by atoms with Gasteiger partial charge in [0, 0.05) is 32.9 Å². The smallest absolute Gasteiger partial charge is 0.330 e. The normalized spacial score (nSPS) is 16.5. The van der Waals surface area contributed by atoms with Gasteiger partial charge in [0.1, 0.15) is 0 Å². The zero-order valence-corrected chi connectivity index (χ0v) is 17.9. The maximum Gasteiger partial charge on any atom is 0.330 e. The number of hydrogen-bond donors (Lipinski definition) is 1. The van der Waals surface area contributed by atoms with Gasteiger partial charge >= 0.3 is 11.7 Å². The summed E-state index contributed by atoms with van der Waals surface area (Å²) < 4.78 is 8.64. The van der Waals surface area contributed by atoms with Gasteiger partial charge in [-0.15, -0.1) is 0 Å². The monoisotopic (exact) mass is 423 g/mol. The molecule has 1 aliphatic heterocycles. The molecule has 0 spiro atoms. The molecule has 3 aromatic rings. The summed E-state index contributed by atoms with van der Waals surface area (Å²) in [5.41, 5.74) is 2.57. The average Bonchev–Trinajstić information content (AvgIpc) is 3.09. The highest BCUT2D eigenvalue weighted by Gasteiger charge is 2.28. The number of nitrogens with zero attached hydrogens (tertiary/aromatic N) is 4. The summed E-state index contributed by atoms with van der Waals surface area (Å²) in [6.45, 7) is 2.70. The zero-order valence-electron chi connectivity index (χ0n) is 17.9. The quantitative estimate of drug-likeness (QED) is 0.633. The van der Waals surface area contributed by atoms with Crippen LogP contribution in [0.1, 0.15) is 24.4 Å². The maximum atomic E-state index is 13.2. The van der Waals surface area contributed by atoms with Crippen molar-refractivity contribution in [3.63, 3.8) is 0 Å². The third-order valence-electron chi connectivity index (χ3n) is 5.82. The highest BCUT2D eigenvalue weighted by Crippen LogP contribution is 2.24. The molecule has 8 heteroatoms. The molecular formula is C23H29N5O3. The lowest BCUT2D eigenvalue weighted by atomic mass is 10.1. The number of likely N-dealkylation sites (tertiary alicyclic amines) is 1. The Morgan fingerprint density at radius 3 is 2.87 bits per heavy atom. The van der Waals surface area contributed by atoms with Crippen LogP contribution in [0.3, 0.4) is 0 Å². The van der Waals surface area contributed by atoms with Crippen LogP contribution >= 0.6 is 0 Å². The molecule has 8 nitrogen and oxygen atoms in total. The number of fused-ring (bicyclic) bond motifs is 1. The Balaban J connectivity index is 1.47. The van der Waals surface area contributed by atoms with Gasteiger partial charge in [-0.25, -0.2) is 14.6 Å². The lowest BCUT2D eigenvalue weighted by Gasteiger charge is -2.33. The van der Waals surface area contributed by atoms with Crippen LogP contribution < -0.4 is 11.0 Å². The Kier molecular flexibility index (Phi) is 6.66. The van der Waals surface area contributed by atoms with Crippen LogP contribution in [0.4, 0.5) is 4.79 Å². The molecule has 4 rings (SSSR count). The fourth-order valence-electron chi connectivity index (χ4n) is 4.26. The molecule has 1 aliphatic rings. The number of piperidine rings is 1. The molecule has 1 N–H and O–H groups in total. The van der Waals surface area contributed by atoms with E-state index in [1.165, 1.54) is 5.56 Å². The number of carbonyl (C=O) groups excluding carboxylic acids is 1. The number of ether oxygens (including phenoxy) is 1. The van der Waals surface area contributed by atoms with Gasteiger partial charge in [0.25, 0.3) is 0 Å². The van der Waals surface area contributed by atoms with Crippen LogP contribution in [-0.4, -0.2) is 58.4 Å². The van der Waals surface area contributed by atoms with Crippen molar-refractivity contribution in [3.8, 4) is 0 Å². The van der Waals surface area contributed by atoms with Gasteiger partial charge in [0.15, 0.2) is 5.65 Å². The van der Waals surface area contributed by atoms with Crippen molar-refractivity contribution in [2.75, 3.05) is 33.4 Å². The molecule has 3 heterocycles. The molecule has 2 aromatic heterocycles. The Morgan fingerprint density at radius 1 is 1.23 bits per heavy atom. The number of benzene rings is 1. The third-order valence-corrected chi connectivity index (χ3v) is 5.82. The number of aromatic nitrogens is 3. The van der Waals surface area contributed by atoms with E-state index in [4.69, 9.17) is 4.74 Å². The lowest BCUT2D eigenvalue weighted by molar-refractivity contribution is 0.166. The summed E-state index contributed by atoms with van der Waals surface area (Å²) >= 11 is 0. The largest absolute Gasteiger partial charge is 0.383 e. The molecule has 2 amide bonds. The Hall–Kier alpha value is -3.13. The first-order valence-corrected chi connectivity index (χ1v) is 10.8. The van der Waals surface area contributed by atoms with Crippen molar-refractivity contribution in [2.45, 2.75) is 31.8 Å². The van der Waals surface area contributed by atoms with Crippen LogP contribution in [0, 0.1) is 0 Å². The third kappa shape index (κ3) is 4.64. The molecule has 1 fully saturated rings. The number of imidazole rings is 1.